The van der Waals surface area contributed by atoms with Crippen LogP contribution in [-0.2, 0) is 16.1 Å². The Morgan fingerprint density at radius 2 is 2.06 bits per heavy atom. The third-order valence-corrected chi connectivity index (χ3v) is 3.68. The van der Waals surface area contributed by atoms with Crippen molar-refractivity contribution in [2.24, 2.45) is 5.92 Å². The number of ketones is 1. The second-order valence-electron chi connectivity index (χ2n) is 4.91. The quantitative estimate of drug-likeness (QED) is 0.772. The lowest BCUT2D eigenvalue weighted by Gasteiger charge is -2.22. The zero-order valence-electron chi connectivity index (χ0n) is 9.84. The van der Waals surface area contributed by atoms with Crippen molar-refractivity contribution in [2.75, 3.05) is 19.7 Å². The van der Waals surface area contributed by atoms with Crippen molar-refractivity contribution in [3.05, 3.63) is 35.9 Å². The minimum absolute atomic E-state index is 0.118. The number of ether oxygens (including phenoxy) is 1. The largest absolute Gasteiger partial charge is 0.376 e. The Balaban J connectivity index is 1.66. The number of hydrogen-bond acceptors (Lipinski definition) is 3. The van der Waals surface area contributed by atoms with Crippen LogP contribution in [0.1, 0.15) is 12.0 Å². The van der Waals surface area contributed by atoms with Crippen molar-refractivity contribution < 1.29 is 9.53 Å². The maximum Gasteiger partial charge on any atom is 0.142 e. The molecule has 1 aromatic rings. The summed E-state index contributed by atoms with van der Waals surface area (Å²) in [6, 6.07) is 10.4. The Morgan fingerprint density at radius 1 is 1.24 bits per heavy atom. The molecule has 0 N–H and O–H groups in total. The molecule has 0 radical (unpaired) electrons. The second kappa shape index (κ2) is 4.59. The Bertz CT molecular complexity index is 404. The molecule has 2 atom stereocenters. The van der Waals surface area contributed by atoms with Crippen molar-refractivity contribution in [1.82, 2.24) is 4.90 Å². The van der Waals surface area contributed by atoms with Crippen LogP contribution >= 0.6 is 0 Å². The SMILES string of the molecule is O=C1CCO[C@H]2CN(Cc3ccccc3)C[C@@H]12. The fraction of sp³-hybridized carbons (Fsp3) is 0.500. The first-order valence-electron chi connectivity index (χ1n) is 6.23. The molecule has 17 heavy (non-hydrogen) atoms. The average molecular weight is 231 g/mol. The van der Waals surface area contributed by atoms with Crippen molar-refractivity contribution in [1.29, 1.82) is 0 Å². The van der Waals surface area contributed by atoms with Crippen molar-refractivity contribution in [3.8, 4) is 0 Å². The fourth-order valence-electron chi connectivity index (χ4n) is 2.80. The Labute approximate surface area is 101 Å². The van der Waals surface area contributed by atoms with Crippen molar-refractivity contribution in [3.63, 3.8) is 0 Å². The summed E-state index contributed by atoms with van der Waals surface area (Å²) in [5.74, 6) is 0.504. The van der Waals surface area contributed by atoms with Gasteiger partial charge in [-0.15, -0.1) is 0 Å². The van der Waals surface area contributed by atoms with Gasteiger partial charge in [0.05, 0.1) is 18.6 Å². The summed E-state index contributed by atoms with van der Waals surface area (Å²) in [4.78, 5) is 14.1. The molecule has 0 saturated carbocycles. The summed E-state index contributed by atoms with van der Waals surface area (Å²) in [5, 5.41) is 0. The van der Waals surface area contributed by atoms with E-state index in [1.165, 1.54) is 5.56 Å². The predicted octanol–water partition coefficient (Wildman–Crippen LogP) is 1.48. The first kappa shape index (κ1) is 10.9. The standard InChI is InChI=1S/C14H17NO2/c16-13-6-7-17-14-10-15(9-12(13)14)8-11-4-2-1-3-5-11/h1-5,12,14H,6-10H2/t12-,14-/m0/s1. The third-order valence-electron chi connectivity index (χ3n) is 3.68. The van der Waals surface area contributed by atoms with Gasteiger partial charge in [-0.3, -0.25) is 9.69 Å². The van der Waals surface area contributed by atoms with Crippen LogP contribution in [-0.4, -0.2) is 36.5 Å². The van der Waals surface area contributed by atoms with Gasteiger partial charge in [-0.25, -0.2) is 0 Å². The number of likely N-dealkylation sites (tertiary alicyclic amines) is 1. The predicted molar refractivity (Wildman–Crippen MR) is 64.6 cm³/mol. The first-order chi connectivity index (χ1) is 8.33. The van der Waals surface area contributed by atoms with Crippen LogP contribution in [0.2, 0.25) is 0 Å². The number of carbonyl (C=O) groups is 1. The van der Waals surface area contributed by atoms with E-state index in [4.69, 9.17) is 4.74 Å². The highest BCUT2D eigenvalue weighted by Gasteiger charge is 2.40. The lowest BCUT2D eigenvalue weighted by molar-refractivity contribution is -0.133. The third kappa shape index (κ3) is 2.26. The minimum atomic E-state index is 0.118. The summed E-state index contributed by atoms with van der Waals surface area (Å²) in [7, 11) is 0. The zero-order valence-corrected chi connectivity index (χ0v) is 9.84. The topological polar surface area (TPSA) is 29.5 Å². The van der Waals surface area contributed by atoms with E-state index in [2.05, 4.69) is 29.2 Å². The number of fused-ring (bicyclic) bond motifs is 1. The highest BCUT2D eigenvalue weighted by atomic mass is 16.5. The molecule has 0 spiro atoms. The minimum Gasteiger partial charge on any atom is -0.376 e. The smallest absolute Gasteiger partial charge is 0.142 e. The van der Waals surface area contributed by atoms with Crippen LogP contribution < -0.4 is 0 Å². The number of carbonyl (C=O) groups excluding carboxylic acids is 1. The molecule has 2 fully saturated rings. The van der Waals surface area contributed by atoms with Crippen LogP contribution in [0.5, 0.6) is 0 Å². The van der Waals surface area contributed by atoms with Gasteiger partial charge in [0, 0.05) is 26.1 Å². The lowest BCUT2D eigenvalue weighted by Crippen LogP contribution is -2.35. The van der Waals surface area contributed by atoms with Gasteiger partial charge >= 0.3 is 0 Å². The number of nitrogens with zero attached hydrogens (tertiary/aromatic N) is 1. The van der Waals surface area contributed by atoms with Gasteiger partial charge in [-0.05, 0) is 5.56 Å². The summed E-state index contributed by atoms with van der Waals surface area (Å²) >= 11 is 0. The monoisotopic (exact) mass is 231 g/mol. The summed E-state index contributed by atoms with van der Waals surface area (Å²) in [5.41, 5.74) is 1.30. The maximum absolute atomic E-state index is 11.8. The highest BCUT2D eigenvalue weighted by Crippen LogP contribution is 2.26. The molecular weight excluding hydrogens is 214 g/mol. The van der Waals surface area contributed by atoms with E-state index < -0.39 is 0 Å². The van der Waals surface area contributed by atoms with E-state index in [-0.39, 0.29) is 12.0 Å². The summed E-state index contributed by atoms with van der Waals surface area (Å²) in [6.45, 7) is 3.29. The molecule has 0 bridgehead atoms. The van der Waals surface area contributed by atoms with Crippen LogP contribution in [0, 0.1) is 5.92 Å². The van der Waals surface area contributed by atoms with Gasteiger partial charge < -0.3 is 4.74 Å². The molecule has 2 aliphatic rings. The van der Waals surface area contributed by atoms with E-state index in [1.54, 1.807) is 0 Å². The highest BCUT2D eigenvalue weighted by molar-refractivity contribution is 5.82. The van der Waals surface area contributed by atoms with Gasteiger partial charge in [-0.1, -0.05) is 30.3 Å². The number of benzene rings is 1. The van der Waals surface area contributed by atoms with Gasteiger partial charge in [0.2, 0.25) is 0 Å². The number of hydrogen-bond donors (Lipinski definition) is 0. The lowest BCUT2D eigenvalue weighted by atomic mass is 9.96. The average Bonchev–Trinajstić information content (AvgIpc) is 2.74. The molecule has 0 amide bonds. The van der Waals surface area contributed by atoms with E-state index in [1.807, 2.05) is 6.07 Å². The molecule has 0 aromatic heterocycles. The van der Waals surface area contributed by atoms with E-state index in [0.717, 1.165) is 19.6 Å². The summed E-state index contributed by atoms with van der Waals surface area (Å²) < 4.78 is 5.68. The zero-order chi connectivity index (χ0) is 11.7. The molecule has 3 heteroatoms. The van der Waals surface area contributed by atoms with Crippen LogP contribution in [0.4, 0.5) is 0 Å². The summed E-state index contributed by atoms with van der Waals surface area (Å²) in [6.07, 6.45) is 0.736. The Kier molecular flexibility index (Phi) is 2.95. The molecule has 2 aliphatic heterocycles. The van der Waals surface area contributed by atoms with Gasteiger partial charge in [0.1, 0.15) is 5.78 Å². The molecule has 3 nitrogen and oxygen atoms in total. The molecule has 2 heterocycles. The molecule has 2 saturated heterocycles. The van der Waals surface area contributed by atoms with Gasteiger partial charge in [0.25, 0.3) is 0 Å². The number of rotatable bonds is 2. The van der Waals surface area contributed by atoms with Crippen LogP contribution in [0.15, 0.2) is 30.3 Å². The molecular formula is C14H17NO2. The molecule has 1 aromatic carbocycles. The number of Topliss-reactive ketones (excluding diaryl/α,β-unsaturated/α-hetero) is 1. The van der Waals surface area contributed by atoms with Crippen LogP contribution in [0.3, 0.4) is 0 Å². The normalized spacial score (nSPS) is 29.3. The van der Waals surface area contributed by atoms with Gasteiger partial charge in [-0.2, -0.15) is 0 Å². The molecule has 0 unspecified atom stereocenters. The molecule has 90 valence electrons. The Hall–Kier alpha value is -1.19. The van der Waals surface area contributed by atoms with Crippen molar-refractivity contribution in [2.45, 2.75) is 19.1 Å². The first-order valence-corrected chi connectivity index (χ1v) is 6.23. The van der Waals surface area contributed by atoms with E-state index in [9.17, 15) is 4.79 Å². The Morgan fingerprint density at radius 3 is 2.82 bits per heavy atom. The maximum atomic E-state index is 11.8. The van der Waals surface area contributed by atoms with Crippen LogP contribution in [0.25, 0.3) is 0 Å². The molecule has 3 rings (SSSR count). The molecule has 0 aliphatic carbocycles. The second-order valence-corrected chi connectivity index (χ2v) is 4.91. The van der Waals surface area contributed by atoms with Crippen molar-refractivity contribution >= 4 is 5.78 Å². The fourth-order valence-corrected chi connectivity index (χ4v) is 2.80. The van der Waals surface area contributed by atoms with E-state index >= 15 is 0 Å². The van der Waals surface area contributed by atoms with E-state index in [0.29, 0.717) is 18.8 Å². The van der Waals surface area contributed by atoms with Gasteiger partial charge in [0.15, 0.2) is 0 Å².